The first-order valence-corrected chi connectivity index (χ1v) is 4.86. The number of hydrogen-bond acceptors (Lipinski definition) is 5. The Balaban J connectivity index is 2.57. The van der Waals surface area contributed by atoms with E-state index in [2.05, 4.69) is 16.3 Å². The van der Waals surface area contributed by atoms with Gasteiger partial charge in [0.1, 0.15) is 5.82 Å². The minimum absolute atomic E-state index is 0.391. The zero-order chi connectivity index (χ0) is 9.68. The van der Waals surface area contributed by atoms with Gasteiger partial charge in [-0.25, -0.2) is 0 Å². The van der Waals surface area contributed by atoms with Crippen LogP contribution >= 0.6 is 11.8 Å². The largest absolute Gasteiger partial charge is 0.324 e. The minimum atomic E-state index is 0.391. The highest BCUT2D eigenvalue weighted by molar-refractivity contribution is 7.99. The second-order valence-corrected chi connectivity index (χ2v) is 3.48. The van der Waals surface area contributed by atoms with Crippen LogP contribution in [0.1, 0.15) is 12.2 Å². The van der Waals surface area contributed by atoms with Crippen LogP contribution in [0.5, 0.6) is 0 Å². The summed E-state index contributed by atoms with van der Waals surface area (Å²) in [7, 11) is 1.87. The van der Waals surface area contributed by atoms with Gasteiger partial charge in [0.2, 0.25) is 0 Å². The van der Waals surface area contributed by atoms with E-state index in [0.29, 0.717) is 13.0 Å². The molecule has 0 saturated heterocycles. The number of aromatic nitrogens is 3. The molecule has 0 amide bonds. The zero-order valence-electron chi connectivity index (χ0n) is 7.40. The van der Waals surface area contributed by atoms with E-state index >= 15 is 0 Å². The topological polar surface area (TPSA) is 80.5 Å². The maximum atomic E-state index is 8.34. The first-order chi connectivity index (χ1) is 6.29. The summed E-state index contributed by atoms with van der Waals surface area (Å²) in [6.45, 7) is 0.391. The number of hydrogen-bond donors (Lipinski definition) is 1. The molecule has 0 spiro atoms. The van der Waals surface area contributed by atoms with Crippen LogP contribution in [0.4, 0.5) is 0 Å². The number of thioether (sulfide) groups is 1. The Morgan fingerprint density at radius 1 is 1.62 bits per heavy atom. The van der Waals surface area contributed by atoms with Crippen molar-refractivity contribution in [2.45, 2.75) is 18.1 Å². The maximum absolute atomic E-state index is 8.34. The van der Waals surface area contributed by atoms with Gasteiger partial charge >= 0.3 is 0 Å². The molecule has 1 aromatic heterocycles. The quantitative estimate of drug-likeness (QED) is 0.554. The molecule has 0 atom stereocenters. The smallest absolute Gasteiger partial charge is 0.191 e. The van der Waals surface area contributed by atoms with Gasteiger partial charge in [0.25, 0.3) is 0 Å². The molecular formula is C7H11N5S. The van der Waals surface area contributed by atoms with E-state index in [1.807, 2.05) is 11.6 Å². The lowest BCUT2D eigenvalue weighted by Crippen LogP contribution is -2.05. The number of nitrogens with zero attached hydrogens (tertiary/aromatic N) is 4. The van der Waals surface area contributed by atoms with Crippen molar-refractivity contribution in [1.29, 1.82) is 5.26 Å². The lowest BCUT2D eigenvalue weighted by atomic mass is 10.6. The van der Waals surface area contributed by atoms with E-state index in [9.17, 15) is 0 Å². The molecule has 0 saturated carbocycles. The van der Waals surface area contributed by atoms with Crippen molar-refractivity contribution in [3.8, 4) is 6.07 Å². The molecule has 1 heterocycles. The number of nitriles is 1. The Bertz CT molecular complexity index is 313. The second-order valence-electron chi connectivity index (χ2n) is 2.42. The Kier molecular flexibility index (Phi) is 3.73. The monoisotopic (exact) mass is 197 g/mol. The van der Waals surface area contributed by atoms with Crippen molar-refractivity contribution in [1.82, 2.24) is 14.8 Å². The van der Waals surface area contributed by atoms with Crippen LogP contribution in [0.3, 0.4) is 0 Å². The first kappa shape index (κ1) is 10.0. The normalized spacial score (nSPS) is 9.92. The number of nitrogens with two attached hydrogens (primary N) is 1. The van der Waals surface area contributed by atoms with Gasteiger partial charge in [0, 0.05) is 19.2 Å². The van der Waals surface area contributed by atoms with Gasteiger partial charge < -0.3 is 10.3 Å². The fraction of sp³-hybridized carbons (Fsp3) is 0.571. The van der Waals surface area contributed by atoms with Crippen molar-refractivity contribution >= 4 is 11.8 Å². The van der Waals surface area contributed by atoms with Crippen LogP contribution in [0.25, 0.3) is 0 Å². The fourth-order valence-electron chi connectivity index (χ4n) is 0.836. The SMILES string of the molecule is Cn1c(CN)nnc1SCCC#N. The molecule has 0 bridgehead atoms. The van der Waals surface area contributed by atoms with Gasteiger partial charge in [-0.05, 0) is 0 Å². The molecule has 1 aromatic rings. The zero-order valence-corrected chi connectivity index (χ0v) is 8.21. The Hall–Kier alpha value is -1.06. The summed E-state index contributed by atoms with van der Waals surface area (Å²) in [4.78, 5) is 0. The average molecular weight is 197 g/mol. The molecule has 0 fully saturated rings. The molecule has 13 heavy (non-hydrogen) atoms. The second kappa shape index (κ2) is 4.84. The molecule has 0 unspecified atom stereocenters. The maximum Gasteiger partial charge on any atom is 0.191 e. The highest BCUT2D eigenvalue weighted by Gasteiger charge is 2.06. The molecule has 0 aromatic carbocycles. The van der Waals surface area contributed by atoms with Crippen LogP contribution in [0.2, 0.25) is 0 Å². The highest BCUT2D eigenvalue weighted by atomic mass is 32.2. The van der Waals surface area contributed by atoms with Crippen molar-refractivity contribution in [2.75, 3.05) is 5.75 Å². The van der Waals surface area contributed by atoms with E-state index in [1.54, 1.807) is 0 Å². The molecule has 6 heteroatoms. The summed E-state index contributed by atoms with van der Waals surface area (Å²) < 4.78 is 1.85. The van der Waals surface area contributed by atoms with Gasteiger partial charge in [-0.1, -0.05) is 11.8 Å². The average Bonchev–Trinajstić information content (AvgIpc) is 2.48. The van der Waals surface area contributed by atoms with Gasteiger partial charge in [0.05, 0.1) is 12.6 Å². The van der Waals surface area contributed by atoms with Crippen molar-refractivity contribution in [3.63, 3.8) is 0 Å². The van der Waals surface area contributed by atoms with E-state index in [4.69, 9.17) is 11.0 Å². The molecule has 1 rings (SSSR count). The van der Waals surface area contributed by atoms with E-state index in [0.717, 1.165) is 16.7 Å². The molecule has 0 aliphatic rings. The van der Waals surface area contributed by atoms with Crippen LogP contribution in [-0.2, 0) is 13.6 Å². The van der Waals surface area contributed by atoms with Crippen LogP contribution in [-0.4, -0.2) is 20.5 Å². The predicted molar refractivity (Wildman–Crippen MR) is 49.8 cm³/mol. The molecule has 5 nitrogen and oxygen atoms in total. The van der Waals surface area contributed by atoms with Crippen LogP contribution in [0, 0.1) is 11.3 Å². The summed E-state index contributed by atoms with van der Waals surface area (Å²) >= 11 is 1.52. The summed E-state index contributed by atoms with van der Waals surface area (Å²) in [5, 5.41) is 17.0. The third kappa shape index (κ3) is 2.44. The van der Waals surface area contributed by atoms with Crippen molar-refractivity contribution in [2.24, 2.45) is 12.8 Å². The predicted octanol–water partition coefficient (Wildman–Crippen LogP) is 0.280. The lowest BCUT2D eigenvalue weighted by Gasteiger charge is -1.99. The van der Waals surface area contributed by atoms with Gasteiger partial charge in [-0.15, -0.1) is 10.2 Å². The fourth-order valence-corrected chi connectivity index (χ4v) is 1.61. The van der Waals surface area contributed by atoms with E-state index in [1.165, 1.54) is 11.8 Å². The van der Waals surface area contributed by atoms with Gasteiger partial charge in [0.15, 0.2) is 5.16 Å². The van der Waals surface area contributed by atoms with Crippen molar-refractivity contribution < 1.29 is 0 Å². The summed E-state index contributed by atoms with van der Waals surface area (Å²) in [6, 6.07) is 2.08. The molecule has 2 N–H and O–H groups in total. The molecule has 0 aliphatic heterocycles. The molecule has 0 radical (unpaired) electrons. The number of rotatable bonds is 4. The summed E-state index contributed by atoms with van der Waals surface area (Å²) in [5.74, 6) is 1.51. The van der Waals surface area contributed by atoms with E-state index < -0.39 is 0 Å². The molecule has 0 aliphatic carbocycles. The highest BCUT2D eigenvalue weighted by Crippen LogP contribution is 2.15. The van der Waals surface area contributed by atoms with Gasteiger partial charge in [-0.3, -0.25) is 0 Å². The Morgan fingerprint density at radius 2 is 2.38 bits per heavy atom. The van der Waals surface area contributed by atoms with Crippen LogP contribution in [0.15, 0.2) is 5.16 Å². The summed E-state index contributed by atoms with van der Waals surface area (Å²) in [6.07, 6.45) is 0.523. The molecule has 70 valence electrons. The van der Waals surface area contributed by atoms with Crippen molar-refractivity contribution in [3.05, 3.63) is 5.82 Å². The summed E-state index contributed by atoms with van der Waals surface area (Å²) in [5.41, 5.74) is 5.43. The van der Waals surface area contributed by atoms with Crippen LogP contribution < -0.4 is 5.73 Å². The Labute approximate surface area is 80.9 Å². The molecular weight excluding hydrogens is 186 g/mol. The lowest BCUT2D eigenvalue weighted by molar-refractivity contribution is 0.734. The van der Waals surface area contributed by atoms with E-state index in [-0.39, 0.29) is 0 Å². The minimum Gasteiger partial charge on any atom is -0.324 e. The third-order valence-electron chi connectivity index (χ3n) is 1.55. The Morgan fingerprint density at radius 3 is 2.92 bits per heavy atom. The third-order valence-corrected chi connectivity index (χ3v) is 2.57. The standard InChI is InChI=1S/C7H11N5S/c1-12-6(5-9)10-11-7(12)13-4-2-3-8/h2,4-5,9H2,1H3. The first-order valence-electron chi connectivity index (χ1n) is 3.87. The van der Waals surface area contributed by atoms with Gasteiger partial charge in [-0.2, -0.15) is 5.26 Å².